The fraction of sp³-hybridized carbons (Fsp3) is 0.400. The average molecular weight is 213 g/mol. The zero-order valence-corrected chi connectivity index (χ0v) is 8.87. The molecule has 0 aromatic heterocycles. The van der Waals surface area contributed by atoms with Gasteiger partial charge in [0.1, 0.15) is 6.61 Å². The molecule has 0 spiro atoms. The molecule has 5 nitrogen and oxygen atoms in total. The van der Waals surface area contributed by atoms with Crippen molar-refractivity contribution in [3.63, 3.8) is 0 Å². The fourth-order valence-corrected chi connectivity index (χ4v) is 0.613. The van der Waals surface area contributed by atoms with Crippen LogP contribution in [0, 0.1) is 0 Å². The summed E-state index contributed by atoms with van der Waals surface area (Å²) in [6.45, 7) is 6.99. The van der Waals surface area contributed by atoms with E-state index in [0.717, 1.165) is 0 Å². The van der Waals surface area contributed by atoms with Crippen molar-refractivity contribution in [2.45, 2.75) is 13.8 Å². The summed E-state index contributed by atoms with van der Waals surface area (Å²) in [5.41, 5.74) is 0.536. The number of esters is 1. The Morgan fingerprint density at radius 3 is 2.53 bits per heavy atom. The molecule has 0 unspecified atom stereocenters. The Morgan fingerprint density at radius 2 is 2.07 bits per heavy atom. The zero-order valence-electron chi connectivity index (χ0n) is 8.87. The van der Waals surface area contributed by atoms with Crippen LogP contribution < -0.4 is 5.32 Å². The van der Waals surface area contributed by atoms with Crippen molar-refractivity contribution in [2.24, 2.45) is 0 Å². The van der Waals surface area contributed by atoms with Crippen LogP contribution in [0.4, 0.5) is 0 Å². The van der Waals surface area contributed by atoms with Gasteiger partial charge in [-0.05, 0) is 13.8 Å². The highest BCUT2D eigenvalue weighted by Gasteiger charge is 2.01. The Kier molecular flexibility index (Phi) is 5.85. The lowest BCUT2D eigenvalue weighted by Gasteiger charge is -2.04. The lowest BCUT2D eigenvalue weighted by molar-refractivity contribution is -0.138. The Morgan fingerprint density at radius 1 is 1.47 bits per heavy atom. The number of carboxylic acids is 1. The fourth-order valence-electron chi connectivity index (χ4n) is 0.613. The average Bonchev–Trinajstić information content (AvgIpc) is 2.16. The van der Waals surface area contributed by atoms with Crippen molar-refractivity contribution < 1.29 is 19.4 Å². The molecular formula is C10H15NO4. The van der Waals surface area contributed by atoms with Crippen LogP contribution in [0.3, 0.4) is 0 Å². The number of carboxylic acid groups (broad SMARTS) is 1. The molecule has 0 amide bonds. The maximum absolute atomic E-state index is 10.9. The summed E-state index contributed by atoms with van der Waals surface area (Å²) in [4.78, 5) is 21.2. The van der Waals surface area contributed by atoms with E-state index in [1.165, 1.54) is 13.1 Å². The van der Waals surface area contributed by atoms with Crippen LogP contribution in [0.2, 0.25) is 0 Å². The summed E-state index contributed by atoms with van der Waals surface area (Å²) < 4.78 is 4.77. The molecule has 0 saturated heterocycles. The van der Waals surface area contributed by atoms with E-state index in [2.05, 4.69) is 11.9 Å². The number of nitrogens with one attached hydrogen (secondary N) is 1. The number of hydrogen-bond acceptors (Lipinski definition) is 4. The van der Waals surface area contributed by atoms with Gasteiger partial charge in [0.2, 0.25) is 0 Å². The minimum atomic E-state index is -0.985. The number of aliphatic carboxylic acids is 1. The van der Waals surface area contributed by atoms with Crippen LogP contribution in [-0.4, -0.2) is 30.2 Å². The quantitative estimate of drug-likeness (QED) is 0.385. The molecule has 0 saturated carbocycles. The third-order valence-corrected chi connectivity index (χ3v) is 1.48. The summed E-state index contributed by atoms with van der Waals surface area (Å²) in [5, 5.41) is 11.2. The highest BCUT2D eigenvalue weighted by molar-refractivity contribution is 5.87. The van der Waals surface area contributed by atoms with E-state index in [-0.39, 0.29) is 12.2 Å². The van der Waals surface area contributed by atoms with Crippen molar-refractivity contribution in [2.75, 3.05) is 13.2 Å². The Hall–Kier alpha value is -1.78. The Labute approximate surface area is 88.4 Å². The summed E-state index contributed by atoms with van der Waals surface area (Å²) in [6, 6.07) is 0. The van der Waals surface area contributed by atoms with Crippen LogP contribution in [-0.2, 0) is 14.3 Å². The van der Waals surface area contributed by atoms with E-state index in [9.17, 15) is 9.59 Å². The number of ether oxygens (including phenoxy) is 1. The van der Waals surface area contributed by atoms with Crippen molar-refractivity contribution in [1.29, 1.82) is 0 Å². The predicted octanol–water partition coefficient (Wildman–Crippen LogP) is 0.684. The molecule has 0 fully saturated rings. The van der Waals surface area contributed by atoms with Crippen molar-refractivity contribution in [3.8, 4) is 0 Å². The third kappa shape index (κ3) is 6.31. The van der Waals surface area contributed by atoms with Crippen molar-refractivity contribution in [1.82, 2.24) is 5.32 Å². The van der Waals surface area contributed by atoms with Gasteiger partial charge in [-0.25, -0.2) is 9.59 Å². The topological polar surface area (TPSA) is 75.6 Å². The van der Waals surface area contributed by atoms with Gasteiger partial charge in [-0.1, -0.05) is 6.58 Å². The minimum absolute atomic E-state index is 0.176. The number of hydrogen-bond donors (Lipinski definition) is 2. The molecule has 0 aromatic rings. The largest absolute Gasteiger partial charge is 0.478 e. The molecule has 5 heteroatoms. The van der Waals surface area contributed by atoms with Gasteiger partial charge in [-0.2, -0.15) is 0 Å². The second-order valence-corrected chi connectivity index (χ2v) is 3.00. The molecule has 0 aliphatic carbocycles. The van der Waals surface area contributed by atoms with Crippen LogP contribution in [0.25, 0.3) is 0 Å². The van der Waals surface area contributed by atoms with Gasteiger partial charge in [0.15, 0.2) is 0 Å². The first-order chi connectivity index (χ1) is 6.95. The lowest BCUT2D eigenvalue weighted by Crippen LogP contribution is -2.18. The SMILES string of the molecule is C=C(C)C(=O)OCCNC=C(C)C(=O)O. The molecule has 2 N–H and O–H groups in total. The van der Waals surface area contributed by atoms with E-state index in [0.29, 0.717) is 12.1 Å². The smallest absolute Gasteiger partial charge is 0.333 e. The molecule has 0 rings (SSSR count). The molecule has 15 heavy (non-hydrogen) atoms. The maximum atomic E-state index is 10.9. The zero-order chi connectivity index (χ0) is 11.8. The molecular weight excluding hydrogens is 198 g/mol. The van der Waals surface area contributed by atoms with Crippen molar-refractivity contribution in [3.05, 3.63) is 23.9 Å². The Bertz CT molecular complexity index is 294. The van der Waals surface area contributed by atoms with E-state index >= 15 is 0 Å². The number of carbonyl (C=O) groups excluding carboxylic acids is 1. The summed E-state index contributed by atoms with van der Waals surface area (Å²) in [5.74, 6) is -1.43. The van der Waals surface area contributed by atoms with E-state index in [4.69, 9.17) is 9.84 Å². The minimum Gasteiger partial charge on any atom is -0.478 e. The lowest BCUT2D eigenvalue weighted by atomic mass is 10.3. The first-order valence-electron chi connectivity index (χ1n) is 4.41. The molecule has 0 bridgehead atoms. The summed E-state index contributed by atoms with van der Waals surface area (Å²) in [6.07, 6.45) is 1.36. The molecule has 0 heterocycles. The van der Waals surface area contributed by atoms with Crippen LogP contribution in [0.1, 0.15) is 13.8 Å². The van der Waals surface area contributed by atoms with Gasteiger partial charge < -0.3 is 15.2 Å². The third-order valence-electron chi connectivity index (χ3n) is 1.48. The first-order valence-corrected chi connectivity index (χ1v) is 4.41. The Balaban J connectivity index is 3.65. The normalized spacial score (nSPS) is 10.7. The molecule has 0 atom stereocenters. The van der Waals surface area contributed by atoms with E-state index < -0.39 is 11.9 Å². The van der Waals surface area contributed by atoms with Gasteiger partial charge in [0.05, 0.1) is 0 Å². The second kappa shape index (κ2) is 6.64. The monoisotopic (exact) mass is 213 g/mol. The molecule has 0 aromatic carbocycles. The standard InChI is InChI=1S/C10H15NO4/c1-7(2)10(14)15-5-4-11-6-8(3)9(12)13/h6,11H,1,4-5H2,2-3H3,(H,12,13). The number of carbonyl (C=O) groups is 2. The van der Waals surface area contributed by atoms with Gasteiger partial charge in [-0.15, -0.1) is 0 Å². The molecule has 84 valence electrons. The van der Waals surface area contributed by atoms with Crippen LogP contribution in [0.15, 0.2) is 23.9 Å². The molecule has 0 radical (unpaired) electrons. The van der Waals surface area contributed by atoms with Crippen LogP contribution in [0.5, 0.6) is 0 Å². The highest BCUT2D eigenvalue weighted by Crippen LogP contribution is 1.91. The van der Waals surface area contributed by atoms with Gasteiger partial charge in [0.25, 0.3) is 0 Å². The molecule has 0 aliphatic heterocycles. The van der Waals surface area contributed by atoms with Gasteiger partial charge in [0, 0.05) is 23.9 Å². The van der Waals surface area contributed by atoms with Crippen molar-refractivity contribution >= 4 is 11.9 Å². The van der Waals surface area contributed by atoms with Crippen LogP contribution >= 0.6 is 0 Å². The molecule has 0 aliphatic rings. The maximum Gasteiger partial charge on any atom is 0.333 e. The summed E-state index contributed by atoms with van der Waals surface area (Å²) in [7, 11) is 0. The van der Waals surface area contributed by atoms with E-state index in [1.54, 1.807) is 6.92 Å². The number of rotatable bonds is 6. The van der Waals surface area contributed by atoms with Gasteiger partial charge in [-0.3, -0.25) is 0 Å². The highest BCUT2D eigenvalue weighted by atomic mass is 16.5. The van der Waals surface area contributed by atoms with Gasteiger partial charge >= 0.3 is 11.9 Å². The predicted molar refractivity (Wildman–Crippen MR) is 55.2 cm³/mol. The first kappa shape index (κ1) is 13.2. The second-order valence-electron chi connectivity index (χ2n) is 3.00. The van der Waals surface area contributed by atoms with E-state index in [1.807, 2.05) is 0 Å². The summed E-state index contributed by atoms with van der Waals surface area (Å²) >= 11 is 0.